The standard InChI is InChI=1S/C43H52N12O7.H3N/c1-27-21-29(22-30-26-46-50-38(27)30)24-33(48-42(61)54-15-8-32(9-16-54)55-35-3-2-10-45-39(35)49-43(55)62)40(59)47-34(23-28-6-13-52(14-7-28)36(56)25-37(57)58)41(60)53-19-17-51(18-20-53)31-4-11-44-12-5-31;/h2-5,10-12,21-22,26,28,32-34H,6-9,13-20,23-25H2,1H3,(H,46,50)(H,47,59)(H,48,61)(H,57,58)(H,45,49,62);1H3/t33-,34+;/m1./s1. The molecule has 3 saturated heterocycles. The molecule has 0 spiro atoms. The fourth-order valence-corrected chi connectivity index (χ4v) is 9.21. The Bertz CT molecular complexity index is 2480. The Kier molecular flexibility index (Phi) is 13.7. The minimum absolute atomic E-state index is 0. The molecule has 20 nitrogen and oxygen atoms in total. The van der Waals surface area contributed by atoms with Gasteiger partial charge in [0.15, 0.2) is 5.65 Å². The number of hydrogen-bond donors (Lipinski definition) is 6. The highest BCUT2D eigenvalue weighted by Gasteiger charge is 2.36. The third kappa shape index (κ3) is 10.1. The lowest BCUT2D eigenvalue weighted by atomic mass is 9.89. The number of aromatic amines is 2. The summed E-state index contributed by atoms with van der Waals surface area (Å²) in [7, 11) is 0. The van der Waals surface area contributed by atoms with Gasteiger partial charge in [-0.1, -0.05) is 6.07 Å². The van der Waals surface area contributed by atoms with E-state index in [2.05, 4.69) is 40.7 Å². The van der Waals surface area contributed by atoms with Gasteiger partial charge in [-0.05, 0) is 86.4 Å². The zero-order chi connectivity index (χ0) is 43.3. The molecule has 8 N–H and O–H groups in total. The van der Waals surface area contributed by atoms with Crippen molar-refractivity contribution in [2.45, 2.75) is 70.0 Å². The molecule has 2 atom stereocenters. The summed E-state index contributed by atoms with van der Waals surface area (Å²) in [6.07, 6.45) is 8.81. The van der Waals surface area contributed by atoms with E-state index in [1.54, 1.807) is 50.1 Å². The zero-order valence-electron chi connectivity index (χ0n) is 35.4. The van der Waals surface area contributed by atoms with Crippen LogP contribution in [0.15, 0.2) is 66.0 Å². The minimum Gasteiger partial charge on any atom is -0.481 e. The summed E-state index contributed by atoms with van der Waals surface area (Å²) in [6, 6.07) is 8.83. The van der Waals surface area contributed by atoms with Crippen molar-refractivity contribution in [1.82, 2.24) is 61.2 Å². The maximum Gasteiger partial charge on any atom is 0.327 e. The van der Waals surface area contributed by atoms with Gasteiger partial charge in [0.25, 0.3) is 0 Å². The molecule has 20 heteroatoms. The lowest BCUT2D eigenvalue weighted by Crippen LogP contribution is -2.59. The van der Waals surface area contributed by atoms with Gasteiger partial charge in [-0.25, -0.2) is 14.6 Å². The van der Waals surface area contributed by atoms with E-state index in [1.807, 2.05) is 37.3 Å². The van der Waals surface area contributed by atoms with Gasteiger partial charge in [-0.2, -0.15) is 5.10 Å². The van der Waals surface area contributed by atoms with Crippen LogP contribution in [0.4, 0.5) is 10.5 Å². The minimum atomic E-state index is -1.18. The van der Waals surface area contributed by atoms with Gasteiger partial charge >= 0.3 is 17.7 Å². The number of nitrogens with zero attached hydrogens (tertiary/aromatic N) is 8. The normalized spacial score (nSPS) is 17.3. The Morgan fingerprint density at radius 2 is 1.57 bits per heavy atom. The SMILES string of the molecule is Cc1cc(C[C@@H](NC(=O)N2CCC(n3c(=O)[nH]c4ncccc43)CC2)C(=O)N[C@@H](CC2CCN(C(=O)CC(=O)O)CC2)C(=O)N2CCN(c3ccncc3)CC2)cc2cn[nH]c12.N. The molecular weight excluding hydrogens is 811 g/mol. The van der Waals surface area contributed by atoms with Gasteiger partial charge in [-0.15, -0.1) is 0 Å². The average Bonchev–Trinajstić information content (AvgIpc) is 3.90. The van der Waals surface area contributed by atoms with Crippen LogP contribution < -0.4 is 27.4 Å². The summed E-state index contributed by atoms with van der Waals surface area (Å²) in [5.41, 5.74) is 4.58. The van der Waals surface area contributed by atoms with Crippen molar-refractivity contribution in [3.05, 3.63) is 82.8 Å². The molecule has 1 aromatic carbocycles. The van der Waals surface area contributed by atoms with E-state index in [0.717, 1.165) is 27.7 Å². The second kappa shape index (κ2) is 19.5. The van der Waals surface area contributed by atoms with Crippen molar-refractivity contribution in [2.75, 3.05) is 57.3 Å². The van der Waals surface area contributed by atoms with Crippen LogP contribution in [-0.4, -0.2) is 144 Å². The van der Waals surface area contributed by atoms with E-state index in [9.17, 15) is 28.8 Å². The number of H-pyrrole nitrogens is 2. The number of urea groups is 1. The first kappa shape index (κ1) is 44.2. The molecule has 5 aromatic rings. The van der Waals surface area contributed by atoms with Crippen LogP contribution >= 0.6 is 0 Å². The monoisotopic (exact) mass is 865 g/mol. The number of anilines is 1. The fourth-order valence-electron chi connectivity index (χ4n) is 9.21. The number of piperidine rings is 2. The smallest absolute Gasteiger partial charge is 0.327 e. The number of benzene rings is 1. The molecule has 7 heterocycles. The predicted molar refractivity (Wildman–Crippen MR) is 233 cm³/mol. The van der Waals surface area contributed by atoms with Crippen molar-refractivity contribution < 1.29 is 29.1 Å². The first-order chi connectivity index (χ1) is 30.0. The predicted octanol–water partition coefficient (Wildman–Crippen LogP) is 2.36. The number of fused-ring (bicyclic) bond motifs is 2. The van der Waals surface area contributed by atoms with E-state index < -0.39 is 42.3 Å². The summed E-state index contributed by atoms with van der Waals surface area (Å²) in [5, 5.41) is 23.3. The summed E-state index contributed by atoms with van der Waals surface area (Å²) >= 11 is 0. The second-order valence-electron chi connectivity index (χ2n) is 16.6. The number of piperazine rings is 1. The highest BCUT2D eigenvalue weighted by Crippen LogP contribution is 2.27. The molecule has 4 aromatic heterocycles. The Labute approximate surface area is 363 Å². The molecule has 334 valence electrons. The Hall–Kier alpha value is -6.83. The maximum atomic E-state index is 14.7. The van der Waals surface area contributed by atoms with Crippen molar-refractivity contribution in [1.29, 1.82) is 0 Å². The largest absolute Gasteiger partial charge is 0.481 e. The molecular formula is C43H55N13O7. The van der Waals surface area contributed by atoms with E-state index in [0.29, 0.717) is 95.6 Å². The number of rotatable bonds is 12. The fraction of sp³-hybridized carbons (Fsp3) is 0.465. The first-order valence-corrected chi connectivity index (χ1v) is 21.3. The summed E-state index contributed by atoms with van der Waals surface area (Å²) in [4.78, 5) is 98.2. The first-order valence-electron chi connectivity index (χ1n) is 21.3. The Morgan fingerprint density at radius 1 is 0.857 bits per heavy atom. The summed E-state index contributed by atoms with van der Waals surface area (Å²) in [6.45, 7) is 5.43. The summed E-state index contributed by atoms with van der Waals surface area (Å²) in [5.74, 6) is -2.38. The number of amides is 5. The highest BCUT2D eigenvalue weighted by atomic mass is 16.4. The van der Waals surface area contributed by atoms with Crippen LogP contribution in [0.1, 0.15) is 55.7 Å². The molecule has 0 radical (unpaired) electrons. The third-order valence-electron chi connectivity index (χ3n) is 12.5. The molecule has 3 aliphatic heterocycles. The quantitative estimate of drug-likeness (QED) is 0.0988. The van der Waals surface area contributed by atoms with E-state index in [4.69, 9.17) is 5.11 Å². The van der Waals surface area contributed by atoms with Crippen molar-refractivity contribution in [3.63, 3.8) is 0 Å². The lowest BCUT2D eigenvalue weighted by molar-refractivity contribution is -0.145. The number of aliphatic carboxylic acids is 1. The van der Waals surface area contributed by atoms with Crippen LogP contribution in [0.2, 0.25) is 0 Å². The molecule has 0 unspecified atom stereocenters. The van der Waals surface area contributed by atoms with Crippen LogP contribution in [-0.2, 0) is 25.6 Å². The van der Waals surface area contributed by atoms with Gasteiger partial charge in [0.05, 0.1) is 17.2 Å². The maximum absolute atomic E-state index is 14.7. The zero-order valence-corrected chi connectivity index (χ0v) is 35.4. The van der Waals surface area contributed by atoms with Crippen LogP contribution in [0.5, 0.6) is 0 Å². The number of pyridine rings is 2. The highest BCUT2D eigenvalue weighted by molar-refractivity contribution is 5.94. The van der Waals surface area contributed by atoms with E-state index >= 15 is 0 Å². The molecule has 5 amide bonds. The van der Waals surface area contributed by atoms with Crippen molar-refractivity contribution >= 4 is 57.5 Å². The number of hydrogen-bond acceptors (Lipinski definition) is 11. The van der Waals surface area contributed by atoms with Crippen LogP contribution in [0, 0.1) is 12.8 Å². The number of likely N-dealkylation sites (tertiary alicyclic amines) is 2. The summed E-state index contributed by atoms with van der Waals surface area (Å²) < 4.78 is 1.70. The van der Waals surface area contributed by atoms with Crippen molar-refractivity contribution in [2.24, 2.45) is 5.92 Å². The molecule has 8 rings (SSSR count). The number of nitrogens with one attached hydrogen (secondary N) is 4. The molecule has 0 bridgehead atoms. The molecule has 0 saturated carbocycles. The van der Waals surface area contributed by atoms with Gasteiger partial charge in [0.2, 0.25) is 17.7 Å². The van der Waals surface area contributed by atoms with E-state index in [-0.39, 0.29) is 36.1 Å². The average molecular weight is 866 g/mol. The Morgan fingerprint density at radius 3 is 2.29 bits per heavy atom. The molecule has 3 fully saturated rings. The van der Waals surface area contributed by atoms with Gasteiger partial charge in [0.1, 0.15) is 18.5 Å². The lowest BCUT2D eigenvalue weighted by Gasteiger charge is -2.39. The number of carbonyl (C=O) groups excluding carboxylic acids is 4. The third-order valence-corrected chi connectivity index (χ3v) is 12.5. The molecule has 3 aliphatic rings. The van der Waals surface area contributed by atoms with Crippen LogP contribution in [0.25, 0.3) is 22.1 Å². The number of imidazole rings is 1. The number of aryl methyl sites for hydroxylation is 1. The molecule has 63 heavy (non-hydrogen) atoms. The van der Waals surface area contributed by atoms with Gasteiger partial charge in [0, 0.05) is 94.5 Å². The van der Waals surface area contributed by atoms with Gasteiger partial charge < -0.3 is 41.5 Å². The topological polar surface area (TPSA) is 270 Å². The number of carboxylic acid groups (broad SMARTS) is 1. The van der Waals surface area contributed by atoms with Gasteiger partial charge in [-0.3, -0.25) is 38.8 Å². The Balaban J connectivity index is 0.00000595. The van der Waals surface area contributed by atoms with E-state index in [1.165, 1.54) is 0 Å². The van der Waals surface area contributed by atoms with Crippen molar-refractivity contribution in [3.8, 4) is 0 Å². The molecule has 0 aliphatic carbocycles. The number of carbonyl (C=O) groups is 5. The number of aromatic nitrogens is 6. The second-order valence-corrected chi connectivity index (χ2v) is 16.6. The van der Waals surface area contributed by atoms with Crippen LogP contribution in [0.3, 0.4) is 0 Å². The number of carboxylic acids is 1.